The van der Waals surface area contributed by atoms with E-state index >= 15 is 0 Å². The molecular weight excluding hydrogens is 158 g/mol. The first-order chi connectivity index (χ1) is 6.13. The summed E-state index contributed by atoms with van der Waals surface area (Å²) in [5.74, 6) is 2.78. The Hall–Kier alpha value is -0.0400. The molecule has 13 heavy (non-hydrogen) atoms. The highest BCUT2D eigenvalue weighted by Crippen LogP contribution is 2.33. The monoisotopic (exact) mass is 183 g/mol. The van der Waals surface area contributed by atoms with Gasteiger partial charge in [-0.3, -0.25) is 0 Å². The van der Waals surface area contributed by atoms with Crippen molar-refractivity contribution in [3.05, 3.63) is 0 Å². The lowest BCUT2D eigenvalue weighted by atomic mass is 9.74. The first-order valence-electron chi connectivity index (χ1n) is 5.80. The van der Waals surface area contributed by atoms with Crippen LogP contribution in [0, 0.1) is 17.8 Å². The predicted octanol–water partition coefficient (Wildman–Crippen LogP) is 3.06. The molecule has 78 valence electrons. The molecule has 1 aliphatic rings. The largest absolute Gasteiger partial charge is 0.317 e. The van der Waals surface area contributed by atoms with Gasteiger partial charge in [0.2, 0.25) is 0 Å². The van der Waals surface area contributed by atoms with Crippen molar-refractivity contribution in [2.45, 2.75) is 52.5 Å². The van der Waals surface area contributed by atoms with Crippen LogP contribution in [0.2, 0.25) is 0 Å². The molecule has 0 radical (unpaired) electrons. The van der Waals surface area contributed by atoms with Crippen LogP contribution in [-0.4, -0.2) is 13.1 Å². The molecule has 0 aromatic heterocycles. The third-order valence-corrected chi connectivity index (χ3v) is 3.54. The Balaban J connectivity index is 2.40. The predicted molar refractivity (Wildman–Crippen MR) is 58.8 cm³/mol. The number of nitrogens with one attached hydrogen (secondary N) is 1. The van der Waals surface area contributed by atoms with E-state index in [0.717, 1.165) is 23.8 Å². The van der Waals surface area contributed by atoms with Crippen molar-refractivity contribution in [1.82, 2.24) is 5.32 Å². The SMILES string of the molecule is CNC1CCC(C)C(CC(C)C)C1. The molecule has 0 aromatic rings. The Bertz CT molecular complexity index is 142. The molecule has 1 saturated carbocycles. The molecule has 0 spiro atoms. The van der Waals surface area contributed by atoms with Crippen LogP contribution in [0.3, 0.4) is 0 Å². The molecular formula is C12H25N. The molecule has 0 aromatic carbocycles. The maximum Gasteiger partial charge on any atom is 0.00669 e. The lowest BCUT2D eigenvalue weighted by Crippen LogP contribution is -2.35. The van der Waals surface area contributed by atoms with E-state index in [4.69, 9.17) is 0 Å². The highest BCUT2D eigenvalue weighted by Gasteiger charge is 2.26. The Morgan fingerprint density at radius 1 is 1.31 bits per heavy atom. The lowest BCUT2D eigenvalue weighted by Gasteiger charge is -2.35. The van der Waals surface area contributed by atoms with Crippen molar-refractivity contribution in [2.24, 2.45) is 17.8 Å². The van der Waals surface area contributed by atoms with Gasteiger partial charge >= 0.3 is 0 Å². The van der Waals surface area contributed by atoms with Gasteiger partial charge < -0.3 is 5.32 Å². The summed E-state index contributed by atoms with van der Waals surface area (Å²) in [6.45, 7) is 7.12. The van der Waals surface area contributed by atoms with Crippen LogP contribution in [-0.2, 0) is 0 Å². The number of hydrogen-bond acceptors (Lipinski definition) is 1. The van der Waals surface area contributed by atoms with Gasteiger partial charge in [-0.2, -0.15) is 0 Å². The molecule has 1 aliphatic carbocycles. The van der Waals surface area contributed by atoms with Crippen molar-refractivity contribution in [3.63, 3.8) is 0 Å². The van der Waals surface area contributed by atoms with E-state index in [-0.39, 0.29) is 0 Å². The minimum absolute atomic E-state index is 0.792. The zero-order valence-electron chi connectivity index (χ0n) is 9.64. The average Bonchev–Trinajstić information content (AvgIpc) is 2.08. The second kappa shape index (κ2) is 4.99. The number of hydrogen-bond donors (Lipinski definition) is 1. The summed E-state index contributed by atoms with van der Waals surface area (Å²) in [7, 11) is 2.10. The smallest absolute Gasteiger partial charge is 0.00669 e. The highest BCUT2D eigenvalue weighted by molar-refractivity contribution is 4.81. The zero-order chi connectivity index (χ0) is 9.84. The van der Waals surface area contributed by atoms with Crippen molar-refractivity contribution >= 4 is 0 Å². The van der Waals surface area contributed by atoms with E-state index < -0.39 is 0 Å². The number of rotatable bonds is 3. The van der Waals surface area contributed by atoms with Crippen LogP contribution in [0.5, 0.6) is 0 Å². The summed E-state index contributed by atoms with van der Waals surface area (Å²) in [5, 5.41) is 3.43. The molecule has 0 amide bonds. The first-order valence-corrected chi connectivity index (χ1v) is 5.80. The summed E-state index contributed by atoms with van der Waals surface area (Å²) in [6.07, 6.45) is 5.62. The minimum Gasteiger partial charge on any atom is -0.317 e. The van der Waals surface area contributed by atoms with Gasteiger partial charge in [-0.25, -0.2) is 0 Å². The fraction of sp³-hybridized carbons (Fsp3) is 1.00. The zero-order valence-corrected chi connectivity index (χ0v) is 9.64. The Morgan fingerprint density at radius 2 is 2.00 bits per heavy atom. The van der Waals surface area contributed by atoms with Crippen LogP contribution >= 0.6 is 0 Å². The maximum absolute atomic E-state index is 3.43. The topological polar surface area (TPSA) is 12.0 Å². The molecule has 1 N–H and O–H groups in total. The van der Waals surface area contributed by atoms with E-state index in [1.54, 1.807) is 0 Å². The van der Waals surface area contributed by atoms with Gasteiger partial charge in [-0.1, -0.05) is 20.8 Å². The van der Waals surface area contributed by atoms with Gasteiger partial charge in [0.1, 0.15) is 0 Å². The summed E-state index contributed by atoms with van der Waals surface area (Å²) in [6, 6.07) is 0.792. The molecule has 1 rings (SSSR count). The molecule has 1 nitrogen and oxygen atoms in total. The van der Waals surface area contributed by atoms with Crippen LogP contribution in [0.1, 0.15) is 46.5 Å². The van der Waals surface area contributed by atoms with E-state index in [0.29, 0.717) is 0 Å². The first kappa shape index (κ1) is 11.0. The molecule has 1 heteroatoms. The van der Waals surface area contributed by atoms with Crippen LogP contribution in [0.15, 0.2) is 0 Å². The van der Waals surface area contributed by atoms with E-state index in [1.807, 2.05) is 0 Å². The quantitative estimate of drug-likeness (QED) is 0.709. The summed E-state index contributed by atoms with van der Waals surface area (Å²) in [4.78, 5) is 0. The van der Waals surface area contributed by atoms with Crippen LogP contribution < -0.4 is 5.32 Å². The Morgan fingerprint density at radius 3 is 2.54 bits per heavy atom. The van der Waals surface area contributed by atoms with Gasteiger partial charge in [0, 0.05) is 6.04 Å². The van der Waals surface area contributed by atoms with Crippen molar-refractivity contribution in [1.29, 1.82) is 0 Å². The van der Waals surface area contributed by atoms with Gasteiger partial charge in [-0.15, -0.1) is 0 Å². The van der Waals surface area contributed by atoms with E-state index in [9.17, 15) is 0 Å². The average molecular weight is 183 g/mol. The van der Waals surface area contributed by atoms with Crippen molar-refractivity contribution in [2.75, 3.05) is 7.05 Å². The van der Waals surface area contributed by atoms with Gasteiger partial charge in [0.05, 0.1) is 0 Å². The molecule has 3 unspecified atom stereocenters. The molecule has 0 saturated heterocycles. The second-order valence-electron chi connectivity index (χ2n) is 5.17. The van der Waals surface area contributed by atoms with Gasteiger partial charge in [0.15, 0.2) is 0 Å². The second-order valence-corrected chi connectivity index (χ2v) is 5.17. The minimum atomic E-state index is 0.792. The van der Waals surface area contributed by atoms with Crippen LogP contribution in [0.4, 0.5) is 0 Å². The Labute approximate surface area is 83.3 Å². The Kier molecular flexibility index (Phi) is 4.24. The standard InChI is InChI=1S/C12H25N/c1-9(2)7-11-8-12(13-4)6-5-10(11)3/h9-13H,5-8H2,1-4H3. The van der Waals surface area contributed by atoms with Gasteiger partial charge in [-0.05, 0) is 50.5 Å². The maximum atomic E-state index is 3.43. The summed E-state index contributed by atoms with van der Waals surface area (Å²) >= 11 is 0. The summed E-state index contributed by atoms with van der Waals surface area (Å²) in [5.41, 5.74) is 0. The third kappa shape index (κ3) is 3.30. The summed E-state index contributed by atoms with van der Waals surface area (Å²) < 4.78 is 0. The third-order valence-electron chi connectivity index (χ3n) is 3.54. The molecule has 0 aliphatic heterocycles. The molecule has 0 heterocycles. The van der Waals surface area contributed by atoms with Crippen molar-refractivity contribution < 1.29 is 0 Å². The normalized spacial score (nSPS) is 35.3. The lowest BCUT2D eigenvalue weighted by molar-refractivity contribution is 0.188. The highest BCUT2D eigenvalue weighted by atomic mass is 14.9. The van der Waals surface area contributed by atoms with Crippen molar-refractivity contribution in [3.8, 4) is 0 Å². The molecule has 1 fully saturated rings. The molecule has 0 bridgehead atoms. The fourth-order valence-corrected chi connectivity index (χ4v) is 2.61. The molecule has 3 atom stereocenters. The van der Waals surface area contributed by atoms with E-state index in [1.165, 1.54) is 25.7 Å². The van der Waals surface area contributed by atoms with Crippen LogP contribution in [0.25, 0.3) is 0 Å². The fourth-order valence-electron chi connectivity index (χ4n) is 2.61. The van der Waals surface area contributed by atoms with Gasteiger partial charge in [0.25, 0.3) is 0 Å². The van der Waals surface area contributed by atoms with E-state index in [2.05, 4.69) is 33.1 Å².